The molecule has 2 heteroatoms. The first kappa shape index (κ1) is 12.8. The summed E-state index contributed by atoms with van der Waals surface area (Å²) in [5.74, 6) is 0. The molecular formula is C18H26N2. The fourth-order valence-corrected chi connectivity index (χ4v) is 4.42. The van der Waals surface area contributed by atoms with Gasteiger partial charge in [0, 0.05) is 30.7 Å². The molecule has 1 aromatic rings. The van der Waals surface area contributed by atoms with Crippen molar-refractivity contribution in [1.29, 1.82) is 0 Å². The highest BCUT2D eigenvalue weighted by Crippen LogP contribution is 2.40. The molecule has 2 nitrogen and oxygen atoms in total. The summed E-state index contributed by atoms with van der Waals surface area (Å²) in [5, 5.41) is 3.93. The second-order valence-corrected chi connectivity index (χ2v) is 7.05. The van der Waals surface area contributed by atoms with Crippen LogP contribution in [0.15, 0.2) is 30.3 Å². The van der Waals surface area contributed by atoms with Gasteiger partial charge in [-0.3, -0.25) is 4.90 Å². The zero-order chi connectivity index (χ0) is 13.4. The number of benzene rings is 1. The SMILES string of the molecule is c1ccc(C2CNC3(CCCC3)CN2C2CCC2)cc1. The first-order valence-corrected chi connectivity index (χ1v) is 8.42. The van der Waals surface area contributed by atoms with Crippen LogP contribution in [-0.4, -0.2) is 29.6 Å². The van der Waals surface area contributed by atoms with Gasteiger partial charge in [-0.2, -0.15) is 0 Å². The Morgan fingerprint density at radius 3 is 2.40 bits per heavy atom. The van der Waals surface area contributed by atoms with Crippen molar-refractivity contribution in [2.24, 2.45) is 0 Å². The first-order valence-electron chi connectivity index (χ1n) is 8.42. The molecular weight excluding hydrogens is 244 g/mol. The van der Waals surface area contributed by atoms with Gasteiger partial charge in [-0.1, -0.05) is 49.6 Å². The van der Waals surface area contributed by atoms with E-state index < -0.39 is 0 Å². The first-order chi connectivity index (χ1) is 9.86. The largest absolute Gasteiger partial charge is 0.308 e. The fourth-order valence-electron chi connectivity index (χ4n) is 4.42. The van der Waals surface area contributed by atoms with Crippen LogP contribution in [0.25, 0.3) is 0 Å². The van der Waals surface area contributed by atoms with Gasteiger partial charge in [-0.15, -0.1) is 0 Å². The zero-order valence-electron chi connectivity index (χ0n) is 12.4. The van der Waals surface area contributed by atoms with Gasteiger partial charge < -0.3 is 5.32 Å². The van der Waals surface area contributed by atoms with E-state index in [-0.39, 0.29) is 0 Å². The topological polar surface area (TPSA) is 15.3 Å². The third kappa shape index (κ3) is 2.19. The molecule has 0 amide bonds. The average molecular weight is 270 g/mol. The molecule has 2 saturated carbocycles. The smallest absolute Gasteiger partial charge is 0.0476 e. The molecule has 1 saturated heterocycles. The molecule has 1 aromatic carbocycles. The van der Waals surface area contributed by atoms with Crippen LogP contribution >= 0.6 is 0 Å². The molecule has 1 spiro atoms. The van der Waals surface area contributed by atoms with E-state index in [0.29, 0.717) is 11.6 Å². The number of nitrogens with zero attached hydrogens (tertiary/aromatic N) is 1. The summed E-state index contributed by atoms with van der Waals surface area (Å²) in [7, 11) is 0. The maximum absolute atomic E-state index is 3.93. The highest BCUT2D eigenvalue weighted by atomic mass is 15.3. The van der Waals surface area contributed by atoms with Crippen molar-refractivity contribution in [3.63, 3.8) is 0 Å². The van der Waals surface area contributed by atoms with Gasteiger partial charge in [-0.25, -0.2) is 0 Å². The summed E-state index contributed by atoms with van der Waals surface area (Å²) in [5.41, 5.74) is 1.95. The van der Waals surface area contributed by atoms with Crippen LogP contribution in [0.1, 0.15) is 56.6 Å². The summed E-state index contributed by atoms with van der Waals surface area (Å²) in [6.07, 6.45) is 9.88. The van der Waals surface area contributed by atoms with Crippen molar-refractivity contribution in [3.8, 4) is 0 Å². The Morgan fingerprint density at radius 1 is 1.00 bits per heavy atom. The molecule has 0 bridgehead atoms. The lowest BCUT2D eigenvalue weighted by molar-refractivity contribution is 0.0115. The van der Waals surface area contributed by atoms with Gasteiger partial charge >= 0.3 is 0 Å². The van der Waals surface area contributed by atoms with Gasteiger partial charge in [0.05, 0.1) is 0 Å². The molecule has 0 radical (unpaired) electrons. The van der Waals surface area contributed by atoms with E-state index in [2.05, 4.69) is 40.5 Å². The van der Waals surface area contributed by atoms with Gasteiger partial charge in [0.1, 0.15) is 0 Å². The van der Waals surface area contributed by atoms with Crippen LogP contribution in [0.3, 0.4) is 0 Å². The number of nitrogens with one attached hydrogen (secondary N) is 1. The molecule has 0 aromatic heterocycles. The highest BCUT2D eigenvalue weighted by Gasteiger charge is 2.44. The van der Waals surface area contributed by atoms with Crippen LogP contribution in [-0.2, 0) is 0 Å². The minimum absolute atomic E-state index is 0.445. The van der Waals surface area contributed by atoms with E-state index in [1.807, 2.05) is 0 Å². The normalized spacial score (nSPS) is 30.5. The van der Waals surface area contributed by atoms with Crippen molar-refractivity contribution in [2.45, 2.75) is 62.6 Å². The Kier molecular flexibility index (Phi) is 3.31. The number of rotatable bonds is 2. The van der Waals surface area contributed by atoms with Gasteiger partial charge in [0.2, 0.25) is 0 Å². The molecule has 20 heavy (non-hydrogen) atoms. The molecule has 108 valence electrons. The monoisotopic (exact) mass is 270 g/mol. The van der Waals surface area contributed by atoms with Crippen LogP contribution in [0.2, 0.25) is 0 Å². The molecule has 4 rings (SSSR count). The van der Waals surface area contributed by atoms with E-state index in [0.717, 1.165) is 12.6 Å². The molecule has 2 aliphatic carbocycles. The Bertz CT molecular complexity index is 446. The summed E-state index contributed by atoms with van der Waals surface area (Å²) in [6, 6.07) is 12.6. The maximum atomic E-state index is 3.93. The number of hydrogen-bond donors (Lipinski definition) is 1. The van der Waals surface area contributed by atoms with Gasteiger partial charge in [0.15, 0.2) is 0 Å². The van der Waals surface area contributed by atoms with Crippen molar-refractivity contribution in [3.05, 3.63) is 35.9 Å². The predicted molar refractivity (Wildman–Crippen MR) is 82.7 cm³/mol. The quantitative estimate of drug-likeness (QED) is 0.885. The van der Waals surface area contributed by atoms with E-state index >= 15 is 0 Å². The summed E-state index contributed by atoms with van der Waals surface area (Å²) in [4.78, 5) is 2.85. The molecule has 1 aliphatic heterocycles. The molecule has 1 atom stereocenters. The molecule has 1 heterocycles. The van der Waals surface area contributed by atoms with Crippen LogP contribution in [0.4, 0.5) is 0 Å². The van der Waals surface area contributed by atoms with Crippen LogP contribution in [0, 0.1) is 0 Å². The average Bonchev–Trinajstić information content (AvgIpc) is 2.86. The molecule has 3 aliphatic rings. The van der Waals surface area contributed by atoms with Gasteiger partial charge in [-0.05, 0) is 31.2 Å². The summed E-state index contributed by atoms with van der Waals surface area (Å²) in [6.45, 7) is 2.41. The van der Waals surface area contributed by atoms with Gasteiger partial charge in [0.25, 0.3) is 0 Å². The second kappa shape index (κ2) is 5.16. The predicted octanol–water partition coefficient (Wildman–Crippen LogP) is 3.50. The Labute approximate surface area is 122 Å². The number of hydrogen-bond acceptors (Lipinski definition) is 2. The maximum Gasteiger partial charge on any atom is 0.0476 e. The van der Waals surface area contributed by atoms with Crippen molar-refractivity contribution >= 4 is 0 Å². The third-order valence-electron chi connectivity index (χ3n) is 5.84. The lowest BCUT2D eigenvalue weighted by Crippen LogP contribution is -2.63. The highest BCUT2D eigenvalue weighted by molar-refractivity contribution is 5.22. The van der Waals surface area contributed by atoms with E-state index in [1.165, 1.54) is 57.1 Å². The van der Waals surface area contributed by atoms with Crippen molar-refractivity contribution in [2.75, 3.05) is 13.1 Å². The second-order valence-electron chi connectivity index (χ2n) is 7.05. The molecule has 1 N–H and O–H groups in total. The van der Waals surface area contributed by atoms with Crippen molar-refractivity contribution in [1.82, 2.24) is 10.2 Å². The third-order valence-corrected chi connectivity index (χ3v) is 5.84. The van der Waals surface area contributed by atoms with Crippen molar-refractivity contribution < 1.29 is 0 Å². The Hall–Kier alpha value is -0.860. The Morgan fingerprint density at radius 2 is 1.75 bits per heavy atom. The van der Waals surface area contributed by atoms with Crippen LogP contribution in [0.5, 0.6) is 0 Å². The minimum Gasteiger partial charge on any atom is -0.308 e. The van der Waals surface area contributed by atoms with E-state index in [1.54, 1.807) is 0 Å². The van der Waals surface area contributed by atoms with E-state index in [9.17, 15) is 0 Å². The van der Waals surface area contributed by atoms with Crippen LogP contribution < -0.4 is 5.32 Å². The minimum atomic E-state index is 0.445. The fraction of sp³-hybridized carbons (Fsp3) is 0.667. The lowest BCUT2D eigenvalue weighted by atomic mass is 9.84. The zero-order valence-corrected chi connectivity index (χ0v) is 12.4. The standard InChI is InChI=1S/C18H26N2/c1-2-7-15(8-3-1)17-13-19-18(11-4-5-12-18)14-20(17)16-9-6-10-16/h1-3,7-8,16-17,19H,4-6,9-14H2. The summed E-state index contributed by atoms with van der Waals surface area (Å²) >= 11 is 0. The molecule has 3 fully saturated rings. The Balaban J connectivity index is 1.59. The lowest BCUT2D eigenvalue weighted by Gasteiger charge is -2.52. The summed E-state index contributed by atoms with van der Waals surface area (Å²) < 4.78 is 0. The number of piperazine rings is 1. The van der Waals surface area contributed by atoms with E-state index in [4.69, 9.17) is 0 Å². The molecule has 1 unspecified atom stereocenters.